The van der Waals surface area contributed by atoms with E-state index in [0.717, 1.165) is 89.9 Å². The lowest BCUT2D eigenvalue weighted by Crippen LogP contribution is -2.30. The Bertz CT molecular complexity index is 1230. The topological polar surface area (TPSA) is 78.9 Å². The number of carbonyl (C=O) groups excluding carboxylic acids is 3. The maximum absolute atomic E-state index is 12.9. The van der Waals surface area contributed by atoms with Crippen LogP contribution in [0.4, 0.5) is 0 Å². The van der Waals surface area contributed by atoms with Crippen LogP contribution in [0, 0.1) is 0 Å². The molecule has 0 amide bonds. The number of esters is 3. The molecule has 0 saturated heterocycles. The second-order valence-electron chi connectivity index (χ2n) is 19.6. The Kier molecular flexibility index (Phi) is 54.3. The summed E-state index contributed by atoms with van der Waals surface area (Å²) in [5.74, 6) is -0.912. The van der Waals surface area contributed by atoms with Gasteiger partial charge in [0.25, 0.3) is 0 Å². The van der Waals surface area contributed by atoms with Crippen molar-refractivity contribution in [2.24, 2.45) is 0 Å². The van der Waals surface area contributed by atoms with Crippen LogP contribution in [-0.2, 0) is 28.6 Å². The molecule has 6 heteroatoms. The third kappa shape index (κ3) is 54.1. The van der Waals surface area contributed by atoms with E-state index < -0.39 is 6.10 Å². The van der Waals surface area contributed by atoms with Crippen molar-refractivity contribution in [2.75, 3.05) is 13.2 Å². The predicted octanol–water partition coefficient (Wildman–Crippen LogP) is 19.6. The molecule has 0 radical (unpaired) electrons. The Labute approximate surface area is 421 Å². The highest BCUT2D eigenvalue weighted by atomic mass is 16.6. The Hall–Kier alpha value is -2.89. The van der Waals surface area contributed by atoms with Gasteiger partial charge in [-0.05, 0) is 89.9 Å². The summed E-state index contributed by atoms with van der Waals surface area (Å²) in [6.07, 6.45) is 70.6. The van der Waals surface area contributed by atoms with Crippen molar-refractivity contribution in [3.05, 3.63) is 60.8 Å². The van der Waals surface area contributed by atoms with E-state index in [2.05, 4.69) is 81.5 Å². The Morgan fingerprint density at radius 3 is 0.882 bits per heavy atom. The summed E-state index contributed by atoms with van der Waals surface area (Å²) in [5.41, 5.74) is 0. The average Bonchev–Trinajstić information content (AvgIpc) is 3.34. The first kappa shape index (κ1) is 65.1. The minimum absolute atomic E-state index is 0.0863. The molecule has 0 spiro atoms. The van der Waals surface area contributed by atoms with Gasteiger partial charge in [0, 0.05) is 19.3 Å². The summed E-state index contributed by atoms with van der Waals surface area (Å²) in [6.45, 7) is 6.60. The minimum atomic E-state index is -0.789. The van der Waals surface area contributed by atoms with E-state index in [9.17, 15) is 14.4 Å². The highest BCUT2D eigenvalue weighted by molar-refractivity contribution is 5.71. The Balaban J connectivity index is 4.43. The van der Waals surface area contributed by atoms with Crippen LogP contribution in [0.5, 0.6) is 0 Å². The van der Waals surface area contributed by atoms with E-state index in [1.54, 1.807) is 0 Å². The van der Waals surface area contributed by atoms with E-state index in [0.29, 0.717) is 19.3 Å². The first-order valence-electron chi connectivity index (χ1n) is 29.3. The molecule has 6 nitrogen and oxygen atoms in total. The highest BCUT2D eigenvalue weighted by Gasteiger charge is 2.19. The SMILES string of the molecule is CCCCC/C=C\C/C=C\C/C=C\C/C=C\CCCCCC(=O)OC[C@@H](COC(=O)CCCCCCC/C=C\CCCCCCCC)OC(=O)CCCCCCCCCCCCCCCCCC. The highest BCUT2D eigenvalue weighted by Crippen LogP contribution is 2.16. The van der Waals surface area contributed by atoms with Crippen molar-refractivity contribution in [1.29, 1.82) is 0 Å². The predicted molar refractivity (Wildman–Crippen MR) is 293 cm³/mol. The first-order valence-corrected chi connectivity index (χ1v) is 29.3. The quantitative estimate of drug-likeness (QED) is 0.0262. The van der Waals surface area contributed by atoms with Gasteiger partial charge in [-0.1, -0.05) is 248 Å². The number of carbonyl (C=O) groups is 3. The zero-order chi connectivity index (χ0) is 49.3. The van der Waals surface area contributed by atoms with Crippen molar-refractivity contribution < 1.29 is 28.6 Å². The minimum Gasteiger partial charge on any atom is -0.462 e. The number of ether oxygens (including phenoxy) is 3. The monoisotopic (exact) mass is 951 g/mol. The molecule has 0 heterocycles. The zero-order valence-electron chi connectivity index (χ0n) is 45.1. The smallest absolute Gasteiger partial charge is 0.306 e. The molecular formula is C62H110O6. The fourth-order valence-electron chi connectivity index (χ4n) is 8.30. The molecule has 0 aromatic heterocycles. The van der Waals surface area contributed by atoms with Gasteiger partial charge in [-0.3, -0.25) is 14.4 Å². The maximum Gasteiger partial charge on any atom is 0.306 e. The van der Waals surface area contributed by atoms with Crippen molar-refractivity contribution in [3.8, 4) is 0 Å². The third-order valence-corrected chi connectivity index (χ3v) is 12.7. The van der Waals surface area contributed by atoms with Gasteiger partial charge in [-0.15, -0.1) is 0 Å². The lowest BCUT2D eigenvalue weighted by Gasteiger charge is -2.18. The number of rotatable bonds is 53. The number of unbranched alkanes of at least 4 members (excludes halogenated alkanes) is 32. The van der Waals surface area contributed by atoms with Crippen molar-refractivity contribution in [3.63, 3.8) is 0 Å². The molecule has 0 aliphatic carbocycles. The van der Waals surface area contributed by atoms with Crippen LogP contribution in [0.25, 0.3) is 0 Å². The van der Waals surface area contributed by atoms with Crippen LogP contribution in [0.1, 0.15) is 297 Å². The molecule has 0 aromatic carbocycles. The van der Waals surface area contributed by atoms with Gasteiger partial charge in [0.15, 0.2) is 6.10 Å². The molecule has 0 saturated carbocycles. The standard InChI is InChI=1S/C62H110O6/c1-4-7-10-13-16-19-22-25-28-30-31-32-35-37-40-43-46-49-52-55-61(64)67-58-59(57-66-60(63)54-51-48-45-42-39-36-33-27-24-21-18-15-12-9-6-3)68-62(65)56-53-50-47-44-41-38-34-29-26-23-20-17-14-11-8-5-2/h16,19,25,27-28,31-33,37,40,59H,4-15,17-18,20-24,26,29-30,34-36,38-39,41-58H2,1-3H3/b19-16-,28-25-,32-31-,33-27-,40-37-/t59-/m1/s1. The first-order chi connectivity index (χ1) is 33.5. The third-order valence-electron chi connectivity index (χ3n) is 12.7. The normalized spacial score (nSPS) is 12.5. The number of allylic oxidation sites excluding steroid dienone is 10. The summed E-state index contributed by atoms with van der Waals surface area (Å²) < 4.78 is 16.9. The largest absolute Gasteiger partial charge is 0.462 e. The van der Waals surface area contributed by atoms with E-state index in [1.807, 2.05) is 0 Å². The van der Waals surface area contributed by atoms with Crippen LogP contribution < -0.4 is 0 Å². The molecule has 0 fully saturated rings. The van der Waals surface area contributed by atoms with Gasteiger partial charge in [-0.25, -0.2) is 0 Å². The van der Waals surface area contributed by atoms with E-state index >= 15 is 0 Å². The molecular weight excluding hydrogens is 841 g/mol. The molecule has 0 aliphatic heterocycles. The van der Waals surface area contributed by atoms with Crippen LogP contribution in [-0.4, -0.2) is 37.2 Å². The lowest BCUT2D eigenvalue weighted by molar-refractivity contribution is -0.167. The molecule has 0 aromatic rings. The maximum atomic E-state index is 12.9. The summed E-state index contributed by atoms with van der Waals surface area (Å²) in [5, 5.41) is 0. The molecule has 0 bridgehead atoms. The lowest BCUT2D eigenvalue weighted by atomic mass is 10.0. The summed E-state index contributed by atoms with van der Waals surface area (Å²) in [7, 11) is 0. The molecule has 0 aliphatic rings. The van der Waals surface area contributed by atoms with E-state index in [4.69, 9.17) is 14.2 Å². The van der Waals surface area contributed by atoms with Crippen LogP contribution >= 0.6 is 0 Å². The summed E-state index contributed by atoms with van der Waals surface area (Å²) in [6, 6.07) is 0. The average molecular weight is 952 g/mol. The molecule has 68 heavy (non-hydrogen) atoms. The van der Waals surface area contributed by atoms with Crippen molar-refractivity contribution >= 4 is 17.9 Å². The Morgan fingerprint density at radius 1 is 0.294 bits per heavy atom. The van der Waals surface area contributed by atoms with Crippen molar-refractivity contribution in [2.45, 2.75) is 303 Å². The zero-order valence-corrected chi connectivity index (χ0v) is 45.1. The van der Waals surface area contributed by atoms with Crippen LogP contribution in [0.15, 0.2) is 60.8 Å². The van der Waals surface area contributed by atoms with Gasteiger partial charge < -0.3 is 14.2 Å². The van der Waals surface area contributed by atoms with E-state index in [1.165, 1.54) is 167 Å². The molecule has 0 rings (SSSR count). The molecule has 1 atom stereocenters. The summed E-state index contributed by atoms with van der Waals surface area (Å²) >= 11 is 0. The van der Waals surface area contributed by atoms with Gasteiger partial charge in [0.1, 0.15) is 13.2 Å². The van der Waals surface area contributed by atoms with Gasteiger partial charge >= 0.3 is 17.9 Å². The summed E-state index contributed by atoms with van der Waals surface area (Å²) in [4.78, 5) is 38.2. The van der Waals surface area contributed by atoms with Crippen LogP contribution in [0.3, 0.4) is 0 Å². The fourth-order valence-corrected chi connectivity index (χ4v) is 8.30. The van der Waals surface area contributed by atoms with Crippen molar-refractivity contribution in [1.82, 2.24) is 0 Å². The second kappa shape index (κ2) is 56.7. The Morgan fingerprint density at radius 2 is 0.529 bits per heavy atom. The molecule has 394 valence electrons. The number of hydrogen-bond donors (Lipinski definition) is 0. The molecule has 0 N–H and O–H groups in total. The van der Waals surface area contributed by atoms with Crippen LogP contribution in [0.2, 0.25) is 0 Å². The molecule has 0 unspecified atom stereocenters. The van der Waals surface area contributed by atoms with Gasteiger partial charge in [-0.2, -0.15) is 0 Å². The van der Waals surface area contributed by atoms with Gasteiger partial charge in [0.05, 0.1) is 0 Å². The second-order valence-corrected chi connectivity index (χ2v) is 19.6. The number of hydrogen-bond acceptors (Lipinski definition) is 6. The van der Waals surface area contributed by atoms with Gasteiger partial charge in [0.2, 0.25) is 0 Å². The fraction of sp³-hybridized carbons (Fsp3) is 0.790. The van der Waals surface area contributed by atoms with E-state index in [-0.39, 0.29) is 31.1 Å².